The third kappa shape index (κ3) is 8.80. The molecule has 0 aliphatic heterocycles. The molecule has 4 rings (SSSR count). The van der Waals surface area contributed by atoms with Crippen molar-refractivity contribution in [3.63, 3.8) is 0 Å². The van der Waals surface area contributed by atoms with E-state index in [9.17, 15) is 28.6 Å². The van der Waals surface area contributed by atoms with Crippen molar-refractivity contribution in [1.29, 1.82) is 0 Å². The Morgan fingerprint density at radius 1 is 0.810 bits per heavy atom. The lowest BCUT2D eigenvalue weighted by Crippen LogP contribution is -2.48. The molecule has 1 unspecified atom stereocenters. The molecule has 1 atom stereocenters. The first-order valence-electron chi connectivity index (χ1n) is 13.7. The van der Waals surface area contributed by atoms with Crippen LogP contribution in [0.3, 0.4) is 0 Å². The smallest absolute Gasteiger partial charge is 0.417 e. The second kappa shape index (κ2) is 14.2. The number of hydroxylamine groups is 3. The first-order chi connectivity index (χ1) is 20.0. The predicted molar refractivity (Wildman–Crippen MR) is 155 cm³/mol. The van der Waals surface area contributed by atoms with E-state index in [-0.39, 0.29) is 44.1 Å². The highest BCUT2D eigenvalue weighted by atomic mass is 35.5. The summed E-state index contributed by atoms with van der Waals surface area (Å²) in [5.74, 6) is 0.293. The van der Waals surface area contributed by atoms with Gasteiger partial charge in [0.2, 0.25) is 0 Å². The largest absolute Gasteiger partial charge is 0.493 e. The summed E-state index contributed by atoms with van der Waals surface area (Å²) in [4.78, 5) is 0. The van der Waals surface area contributed by atoms with E-state index in [2.05, 4.69) is 0 Å². The molecule has 0 saturated carbocycles. The Balaban J connectivity index is 1.59. The number of quaternary nitrogens is 1. The Hall–Kier alpha value is -3.40. The minimum atomic E-state index is -4.62. The average Bonchev–Trinajstić information content (AvgIpc) is 2.95. The lowest BCUT2D eigenvalue weighted by Gasteiger charge is -2.34. The van der Waals surface area contributed by atoms with Crippen molar-refractivity contribution in [3.05, 3.63) is 136 Å². The molecule has 0 aliphatic carbocycles. The van der Waals surface area contributed by atoms with Crippen LogP contribution in [0, 0.1) is 0 Å². The van der Waals surface area contributed by atoms with E-state index in [1.165, 1.54) is 12.1 Å². The van der Waals surface area contributed by atoms with Crippen molar-refractivity contribution in [2.75, 3.05) is 19.7 Å². The number of rotatable bonds is 13. The number of alkyl halides is 3. The maximum atomic E-state index is 13.6. The summed E-state index contributed by atoms with van der Waals surface area (Å²) in [6, 6.07) is 30.1. The van der Waals surface area contributed by atoms with E-state index < -0.39 is 27.7 Å². The van der Waals surface area contributed by atoms with Gasteiger partial charge < -0.3 is 14.9 Å². The minimum absolute atomic E-state index is 0.0615. The molecular formula is C33H34ClF3NO4+. The van der Waals surface area contributed by atoms with Crippen molar-refractivity contribution >= 4 is 11.6 Å². The molecule has 9 heteroatoms. The minimum Gasteiger partial charge on any atom is -0.493 e. The normalized spacial score (nSPS) is 13.4. The van der Waals surface area contributed by atoms with Crippen LogP contribution in [-0.4, -0.2) is 46.1 Å². The molecule has 222 valence electrons. The highest BCUT2D eigenvalue weighted by molar-refractivity contribution is 6.32. The van der Waals surface area contributed by atoms with E-state index in [1.54, 1.807) is 24.3 Å². The standard InChI is InChI=1S/C33H34ClF3NO4/c34-32-27(15-8-17-30(32)33(35,36)37)22-38(41,18-9-19-42-28-16-7-10-24(20-28)21-31(39)40)23-29(25-11-3-1-4-12-25)26-13-5-2-6-14-26/h1-8,10-17,20,29,31,39-41H,9,18-19,21-23H2/q+1. The van der Waals surface area contributed by atoms with Gasteiger partial charge in [0.25, 0.3) is 0 Å². The number of hydrogen-bond acceptors (Lipinski definition) is 4. The van der Waals surface area contributed by atoms with E-state index in [4.69, 9.17) is 16.3 Å². The van der Waals surface area contributed by atoms with Gasteiger partial charge in [-0.05, 0) is 34.9 Å². The molecular weight excluding hydrogens is 567 g/mol. The molecule has 4 aromatic rings. The third-order valence-corrected chi connectivity index (χ3v) is 7.53. The van der Waals surface area contributed by atoms with Crippen molar-refractivity contribution in [2.24, 2.45) is 0 Å². The highest BCUT2D eigenvalue weighted by Crippen LogP contribution is 2.38. The Morgan fingerprint density at radius 3 is 2.02 bits per heavy atom. The Morgan fingerprint density at radius 2 is 1.43 bits per heavy atom. The van der Waals surface area contributed by atoms with Gasteiger partial charge in [0.05, 0.1) is 23.1 Å². The van der Waals surface area contributed by atoms with Crippen LogP contribution in [-0.2, 0) is 19.1 Å². The van der Waals surface area contributed by atoms with Gasteiger partial charge >= 0.3 is 6.18 Å². The molecule has 0 amide bonds. The van der Waals surface area contributed by atoms with Crippen LogP contribution >= 0.6 is 11.6 Å². The molecule has 42 heavy (non-hydrogen) atoms. The summed E-state index contributed by atoms with van der Waals surface area (Å²) < 4.78 is 46.2. The fraction of sp³-hybridized carbons (Fsp3) is 0.273. The molecule has 0 saturated heterocycles. The van der Waals surface area contributed by atoms with Gasteiger partial charge in [-0.2, -0.15) is 17.8 Å². The van der Waals surface area contributed by atoms with Crippen molar-refractivity contribution in [2.45, 2.75) is 37.8 Å². The van der Waals surface area contributed by atoms with Crippen LogP contribution < -0.4 is 4.74 Å². The molecule has 0 bridgehead atoms. The number of hydrogen-bond donors (Lipinski definition) is 3. The molecule has 0 aromatic heterocycles. The molecule has 3 N–H and O–H groups in total. The second-order valence-corrected chi connectivity index (χ2v) is 10.7. The van der Waals surface area contributed by atoms with E-state index in [1.807, 2.05) is 60.7 Å². The van der Waals surface area contributed by atoms with Crippen LogP contribution in [0.15, 0.2) is 103 Å². The topological polar surface area (TPSA) is 69.9 Å². The first kappa shape index (κ1) is 31.5. The maximum Gasteiger partial charge on any atom is 0.417 e. The fourth-order valence-corrected chi connectivity index (χ4v) is 5.40. The zero-order chi connectivity index (χ0) is 30.2. The van der Waals surface area contributed by atoms with E-state index >= 15 is 0 Å². The number of ether oxygens (including phenoxy) is 1. The van der Waals surface area contributed by atoms with Crippen molar-refractivity contribution in [1.82, 2.24) is 0 Å². The number of aliphatic hydroxyl groups is 2. The maximum absolute atomic E-state index is 13.6. The Bertz CT molecular complexity index is 1380. The summed E-state index contributed by atoms with van der Waals surface area (Å²) in [5, 5.41) is 30.2. The summed E-state index contributed by atoms with van der Waals surface area (Å²) in [6.07, 6.45) is -5.65. The Labute approximate surface area is 248 Å². The van der Waals surface area contributed by atoms with Crippen LogP contribution in [0.5, 0.6) is 5.75 Å². The predicted octanol–water partition coefficient (Wildman–Crippen LogP) is 7.22. The zero-order valence-corrected chi connectivity index (χ0v) is 23.7. The molecule has 0 aliphatic rings. The number of nitrogens with zero attached hydrogens (tertiary/aromatic N) is 1. The fourth-order valence-electron chi connectivity index (χ4n) is 5.11. The number of halogens is 4. The van der Waals surface area contributed by atoms with Gasteiger partial charge in [-0.3, -0.25) is 0 Å². The summed E-state index contributed by atoms with van der Waals surface area (Å²) in [6.45, 7) is 0.453. The van der Waals surface area contributed by atoms with Gasteiger partial charge in [-0.25, -0.2) is 5.21 Å². The Kier molecular flexibility index (Phi) is 10.6. The third-order valence-electron chi connectivity index (χ3n) is 7.08. The van der Waals surface area contributed by atoms with Crippen molar-refractivity contribution < 1.29 is 38.0 Å². The van der Waals surface area contributed by atoms with Gasteiger partial charge in [-0.1, -0.05) is 96.5 Å². The van der Waals surface area contributed by atoms with Crippen molar-refractivity contribution in [3.8, 4) is 5.75 Å². The van der Waals surface area contributed by atoms with Crippen LogP contribution in [0.2, 0.25) is 5.02 Å². The summed E-state index contributed by atoms with van der Waals surface area (Å²) in [5.41, 5.74) is 1.89. The first-order valence-corrected chi connectivity index (χ1v) is 14.0. The monoisotopic (exact) mass is 600 g/mol. The molecule has 0 radical (unpaired) electrons. The number of benzene rings is 4. The molecule has 0 heterocycles. The SMILES string of the molecule is OC(O)Cc1cccc(OCCC[N+](O)(Cc2cccc(C(F)(F)F)c2Cl)CC(c2ccccc2)c2ccccc2)c1. The lowest BCUT2D eigenvalue weighted by atomic mass is 9.90. The highest BCUT2D eigenvalue weighted by Gasteiger charge is 2.37. The summed E-state index contributed by atoms with van der Waals surface area (Å²) >= 11 is 6.26. The van der Waals surface area contributed by atoms with Crippen LogP contribution in [0.4, 0.5) is 13.2 Å². The lowest BCUT2D eigenvalue weighted by molar-refractivity contribution is -1.11. The molecule has 5 nitrogen and oxygen atoms in total. The van der Waals surface area contributed by atoms with Gasteiger partial charge in [0.15, 0.2) is 6.29 Å². The summed E-state index contributed by atoms with van der Waals surface area (Å²) in [7, 11) is 0. The number of aliphatic hydroxyl groups excluding tert-OH is 1. The second-order valence-electron chi connectivity index (χ2n) is 10.3. The van der Waals surface area contributed by atoms with Crippen LogP contribution in [0.1, 0.15) is 40.2 Å². The van der Waals surface area contributed by atoms with Gasteiger partial charge in [0, 0.05) is 18.4 Å². The average molecular weight is 601 g/mol. The van der Waals surface area contributed by atoms with Crippen LogP contribution in [0.25, 0.3) is 0 Å². The molecule has 4 aromatic carbocycles. The van der Waals surface area contributed by atoms with Gasteiger partial charge in [0.1, 0.15) is 25.4 Å². The van der Waals surface area contributed by atoms with E-state index in [0.29, 0.717) is 17.7 Å². The zero-order valence-electron chi connectivity index (χ0n) is 22.9. The quantitative estimate of drug-likeness (QED) is 0.0656. The molecule has 0 spiro atoms. The van der Waals surface area contributed by atoms with E-state index in [0.717, 1.165) is 17.2 Å². The van der Waals surface area contributed by atoms with Gasteiger partial charge in [-0.15, -0.1) is 0 Å². The molecule has 0 fully saturated rings.